The van der Waals surface area contributed by atoms with Gasteiger partial charge >= 0.3 is 6.18 Å². The number of alkyl halides is 3. The van der Waals surface area contributed by atoms with E-state index in [0.29, 0.717) is 16.4 Å². The highest BCUT2D eigenvalue weighted by molar-refractivity contribution is 7.15. The van der Waals surface area contributed by atoms with Crippen LogP contribution in [0.1, 0.15) is 16.1 Å². The van der Waals surface area contributed by atoms with Crippen LogP contribution in [0.25, 0.3) is 16.2 Å². The van der Waals surface area contributed by atoms with Gasteiger partial charge in [-0.15, -0.1) is 11.3 Å². The number of imidazole rings is 1. The zero-order valence-corrected chi connectivity index (χ0v) is 17.2. The fourth-order valence-corrected chi connectivity index (χ4v) is 3.87. The van der Waals surface area contributed by atoms with Crippen molar-refractivity contribution in [2.75, 3.05) is 19.5 Å². The van der Waals surface area contributed by atoms with Gasteiger partial charge in [-0.05, 0) is 42.5 Å². The average molecular weight is 447 g/mol. The smallest absolute Gasteiger partial charge is 0.416 e. The molecule has 0 saturated heterocycles. The van der Waals surface area contributed by atoms with E-state index >= 15 is 0 Å². The van der Waals surface area contributed by atoms with Crippen LogP contribution in [0.4, 0.5) is 18.9 Å². The Balaban J connectivity index is 1.65. The predicted octanol–water partition coefficient (Wildman–Crippen LogP) is 5.35. The molecule has 0 fully saturated rings. The molecule has 0 atom stereocenters. The predicted molar refractivity (Wildman–Crippen MR) is 111 cm³/mol. The molecule has 0 spiro atoms. The number of anilines is 1. The number of halogens is 3. The molecule has 160 valence electrons. The van der Waals surface area contributed by atoms with Gasteiger partial charge in [-0.2, -0.15) is 13.2 Å². The molecule has 4 rings (SSSR count). The molecule has 0 saturated carbocycles. The number of aromatic nitrogens is 2. The second-order valence-corrected chi connectivity index (χ2v) is 7.33. The van der Waals surface area contributed by atoms with E-state index in [-0.39, 0.29) is 17.1 Å². The molecule has 0 radical (unpaired) electrons. The highest BCUT2D eigenvalue weighted by atomic mass is 32.1. The summed E-state index contributed by atoms with van der Waals surface area (Å²) in [6.45, 7) is 0. The molecule has 0 bridgehead atoms. The second kappa shape index (κ2) is 7.95. The number of amides is 1. The summed E-state index contributed by atoms with van der Waals surface area (Å²) in [6, 6.07) is 10.2. The van der Waals surface area contributed by atoms with Crippen molar-refractivity contribution in [1.82, 2.24) is 9.38 Å². The lowest BCUT2D eigenvalue weighted by Crippen LogP contribution is -2.15. The van der Waals surface area contributed by atoms with Crippen LogP contribution in [-0.2, 0) is 6.18 Å². The first-order valence-electron chi connectivity index (χ1n) is 8.98. The molecular formula is C21H16F3N3O3S. The lowest BCUT2D eigenvalue weighted by molar-refractivity contribution is -0.137. The molecule has 2 heterocycles. The standard InChI is InChI=1S/C21H16F3N3O3S/c1-29-14-6-3-12(4-7-14)16-10-27-17(11-31-20(27)26-16)19(28)25-15-9-13(21(22,23)24)5-8-18(15)30-2/h3-11H,1-2H3,(H,25,28). The molecule has 2 aromatic carbocycles. The van der Waals surface area contributed by atoms with Gasteiger partial charge in [0.25, 0.3) is 5.91 Å². The number of rotatable bonds is 5. The summed E-state index contributed by atoms with van der Waals surface area (Å²) in [4.78, 5) is 17.9. The number of nitrogens with zero attached hydrogens (tertiary/aromatic N) is 2. The minimum atomic E-state index is -4.54. The van der Waals surface area contributed by atoms with Gasteiger partial charge in [0.2, 0.25) is 0 Å². The number of benzene rings is 2. The van der Waals surface area contributed by atoms with Gasteiger partial charge in [0.1, 0.15) is 17.2 Å². The highest BCUT2D eigenvalue weighted by Crippen LogP contribution is 2.35. The van der Waals surface area contributed by atoms with Gasteiger partial charge in [-0.1, -0.05) is 0 Å². The van der Waals surface area contributed by atoms with Crippen molar-refractivity contribution in [2.24, 2.45) is 0 Å². The maximum absolute atomic E-state index is 13.1. The molecule has 1 amide bonds. The largest absolute Gasteiger partial charge is 0.497 e. The molecule has 4 aromatic rings. The van der Waals surface area contributed by atoms with Gasteiger partial charge in [-0.3, -0.25) is 9.20 Å². The Kier molecular flexibility index (Phi) is 5.32. The molecule has 0 aliphatic carbocycles. The van der Waals surface area contributed by atoms with E-state index in [2.05, 4.69) is 10.3 Å². The van der Waals surface area contributed by atoms with Crippen molar-refractivity contribution < 1.29 is 27.4 Å². The first kappa shape index (κ1) is 20.7. The van der Waals surface area contributed by atoms with E-state index < -0.39 is 17.6 Å². The van der Waals surface area contributed by atoms with Crippen LogP contribution >= 0.6 is 11.3 Å². The summed E-state index contributed by atoms with van der Waals surface area (Å²) in [5.74, 6) is 0.250. The van der Waals surface area contributed by atoms with Crippen molar-refractivity contribution in [3.05, 3.63) is 65.3 Å². The molecule has 10 heteroatoms. The normalized spacial score (nSPS) is 11.5. The number of hydrogen-bond acceptors (Lipinski definition) is 5. The molecule has 2 aromatic heterocycles. The van der Waals surface area contributed by atoms with E-state index in [0.717, 1.165) is 17.7 Å². The number of hydrogen-bond donors (Lipinski definition) is 1. The summed E-state index contributed by atoms with van der Waals surface area (Å²) in [5, 5.41) is 4.10. The minimum Gasteiger partial charge on any atom is -0.497 e. The van der Waals surface area contributed by atoms with E-state index in [1.807, 2.05) is 12.1 Å². The fraction of sp³-hybridized carbons (Fsp3) is 0.143. The lowest BCUT2D eigenvalue weighted by atomic mass is 10.1. The summed E-state index contributed by atoms with van der Waals surface area (Å²) >= 11 is 1.25. The summed E-state index contributed by atoms with van der Waals surface area (Å²) in [6.07, 6.45) is -2.84. The first-order chi connectivity index (χ1) is 14.8. The quantitative estimate of drug-likeness (QED) is 0.448. The van der Waals surface area contributed by atoms with Crippen LogP contribution in [0.2, 0.25) is 0 Å². The summed E-state index contributed by atoms with van der Waals surface area (Å²) in [7, 11) is 2.89. The third-order valence-electron chi connectivity index (χ3n) is 4.60. The summed E-state index contributed by atoms with van der Waals surface area (Å²) in [5.41, 5.74) is 0.773. The Bertz CT molecular complexity index is 1250. The average Bonchev–Trinajstić information content (AvgIpc) is 3.34. The van der Waals surface area contributed by atoms with Crippen LogP contribution in [0.3, 0.4) is 0 Å². The number of nitrogens with one attached hydrogen (secondary N) is 1. The number of carbonyl (C=O) groups is 1. The van der Waals surface area contributed by atoms with Gasteiger partial charge in [-0.25, -0.2) is 4.98 Å². The zero-order chi connectivity index (χ0) is 22.2. The van der Waals surface area contributed by atoms with E-state index in [9.17, 15) is 18.0 Å². The maximum atomic E-state index is 13.1. The van der Waals surface area contributed by atoms with E-state index in [1.54, 1.807) is 35.2 Å². The zero-order valence-electron chi connectivity index (χ0n) is 16.4. The number of ether oxygens (including phenoxy) is 2. The number of fused-ring (bicyclic) bond motifs is 1. The Morgan fingerprint density at radius 1 is 1.10 bits per heavy atom. The van der Waals surface area contributed by atoms with E-state index in [1.165, 1.54) is 24.5 Å². The van der Waals surface area contributed by atoms with Gasteiger partial charge < -0.3 is 14.8 Å². The maximum Gasteiger partial charge on any atom is 0.416 e. The molecule has 0 aliphatic rings. The summed E-state index contributed by atoms with van der Waals surface area (Å²) < 4.78 is 51.0. The van der Waals surface area contributed by atoms with Crippen molar-refractivity contribution in [2.45, 2.75) is 6.18 Å². The fourth-order valence-electron chi connectivity index (χ4n) is 3.02. The van der Waals surface area contributed by atoms with Crippen molar-refractivity contribution in [3.8, 4) is 22.8 Å². The third kappa shape index (κ3) is 4.06. The van der Waals surface area contributed by atoms with Gasteiger partial charge in [0.15, 0.2) is 4.96 Å². The van der Waals surface area contributed by atoms with Crippen LogP contribution in [0.5, 0.6) is 11.5 Å². The molecule has 6 nitrogen and oxygen atoms in total. The van der Waals surface area contributed by atoms with Crippen LogP contribution in [-0.4, -0.2) is 29.5 Å². The van der Waals surface area contributed by atoms with Crippen LogP contribution < -0.4 is 14.8 Å². The van der Waals surface area contributed by atoms with Gasteiger partial charge in [0.05, 0.1) is 31.2 Å². The third-order valence-corrected chi connectivity index (χ3v) is 5.44. The molecule has 0 aliphatic heterocycles. The number of carbonyl (C=O) groups excluding carboxylic acids is 1. The topological polar surface area (TPSA) is 64.9 Å². The second-order valence-electron chi connectivity index (χ2n) is 6.50. The van der Waals surface area contributed by atoms with Crippen molar-refractivity contribution in [3.63, 3.8) is 0 Å². The monoisotopic (exact) mass is 447 g/mol. The van der Waals surface area contributed by atoms with Crippen molar-refractivity contribution in [1.29, 1.82) is 0 Å². The highest BCUT2D eigenvalue weighted by Gasteiger charge is 2.31. The molecule has 0 unspecified atom stereocenters. The van der Waals surface area contributed by atoms with Crippen LogP contribution in [0, 0.1) is 0 Å². The molecular weight excluding hydrogens is 431 g/mol. The lowest BCUT2D eigenvalue weighted by Gasteiger charge is -2.13. The SMILES string of the molecule is COc1ccc(-c2cn3c(C(=O)Nc4cc(C(F)(F)F)ccc4OC)csc3n2)cc1. The van der Waals surface area contributed by atoms with Crippen molar-refractivity contribution >= 4 is 27.9 Å². The first-order valence-corrected chi connectivity index (χ1v) is 9.85. The number of methoxy groups -OCH3 is 2. The number of thiazole rings is 1. The molecule has 31 heavy (non-hydrogen) atoms. The minimum absolute atomic E-state index is 0.0721. The Labute approximate surface area is 178 Å². The Morgan fingerprint density at radius 3 is 2.48 bits per heavy atom. The Morgan fingerprint density at radius 2 is 1.84 bits per heavy atom. The van der Waals surface area contributed by atoms with Crippen LogP contribution in [0.15, 0.2) is 54.0 Å². The Hall–Kier alpha value is -3.53. The van der Waals surface area contributed by atoms with Gasteiger partial charge in [0, 0.05) is 17.1 Å². The molecule has 1 N–H and O–H groups in total. The van der Waals surface area contributed by atoms with E-state index in [4.69, 9.17) is 9.47 Å².